The van der Waals surface area contributed by atoms with E-state index in [-0.39, 0.29) is 5.91 Å². The third-order valence-electron chi connectivity index (χ3n) is 5.57. The molecule has 2 aromatic rings. The summed E-state index contributed by atoms with van der Waals surface area (Å²) in [4.78, 5) is 19.4. The first-order chi connectivity index (χ1) is 12.7. The minimum Gasteiger partial charge on any atom is -0.367 e. The van der Waals surface area contributed by atoms with Crippen LogP contribution in [0.15, 0.2) is 48.5 Å². The lowest BCUT2D eigenvalue weighted by Gasteiger charge is -2.32. The van der Waals surface area contributed by atoms with Gasteiger partial charge in [-0.2, -0.15) is 0 Å². The van der Waals surface area contributed by atoms with Crippen molar-refractivity contribution in [1.82, 2.24) is 9.80 Å². The molecule has 0 saturated carbocycles. The lowest BCUT2D eigenvalue weighted by atomic mass is 10.0. The number of carbonyl (C=O) groups is 1. The maximum absolute atomic E-state index is 12.7. The molecule has 0 N–H and O–H groups in total. The van der Waals surface area contributed by atoms with Crippen LogP contribution in [-0.2, 0) is 13.0 Å². The molecule has 0 atom stereocenters. The Hall–Kier alpha value is -2.33. The zero-order chi connectivity index (χ0) is 17.9. The molecule has 2 aliphatic rings. The number of hydrogen-bond donors (Lipinski definition) is 0. The average Bonchev–Trinajstić information content (AvgIpc) is 2.69. The predicted octanol–water partition coefficient (Wildman–Crippen LogP) is 3.03. The van der Waals surface area contributed by atoms with E-state index in [1.165, 1.54) is 29.7 Å². The molecule has 0 aliphatic carbocycles. The number of anilines is 1. The van der Waals surface area contributed by atoms with Gasteiger partial charge in [-0.05, 0) is 49.2 Å². The number of benzene rings is 2. The molecule has 0 aromatic heterocycles. The van der Waals surface area contributed by atoms with Gasteiger partial charge in [-0.3, -0.25) is 4.79 Å². The zero-order valence-corrected chi connectivity index (χ0v) is 15.5. The normalized spacial score (nSPS) is 17.9. The number of fused-ring (bicyclic) bond motifs is 1. The van der Waals surface area contributed by atoms with Crippen LogP contribution in [0.2, 0.25) is 0 Å². The Labute approximate surface area is 156 Å². The fourth-order valence-corrected chi connectivity index (χ4v) is 3.94. The second-order valence-corrected chi connectivity index (χ2v) is 7.45. The van der Waals surface area contributed by atoms with Crippen molar-refractivity contribution in [2.45, 2.75) is 19.4 Å². The third kappa shape index (κ3) is 3.61. The molecular weight excluding hydrogens is 322 g/mol. The van der Waals surface area contributed by atoms with Crippen LogP contribution in [0.5, 0.6) is 0 Å². The van der Waals surface area contributed by atoms with Crippen LogP contribution in [0.25, 0.3) is 0 Å². The Morgan fingerprint density at radius 2 is 1.65 bits per heavy atom. The quantitative estimate of drug-likeness (QED) is 0.852. The summed E-state index contributed by atoms with van der Waals surface area (Å²) >= 11 is 0. The summed E-state index contributed by atoms with van der Waals surface area (Å²) in [6.45, 7) is 5.55. The smallest absolute Gasteiger partial charge is 0.253 e. The van der Waals surface area contributed by atoms with Gasteiger partial charge in [0.15, 0.2) is 0 Å². The van der Waals surface area contributed by atoms with Crippen molar-refractivity contribution in [3.63, 3.8) is 0 Å². The molecule has 0 unspecified atom stereocenters. The van der Waals surface area contributed by atoms with Crippen LogP contribution in [0.1, 0.15) is 27.9 Å². The van der Waals surface area contributed by atoms with E-state index in [1.807, 2.05) is 17.0 Å². The van der Waals surface area contributed by atoms with Crippen LogP contribution in [0.3, 0.4) is 0 Å². The SMILES string of the molecule is CN1CCN(C(=O)c2ccc(CN3CCCc4ccccc43)cc2)CC1. The molecule has 136 valence electrons. The van der Waals surface area contributed by atoms with E-state index in [4.69, 9.17) is 0 Å². The number of rotatable bonds is 3. The summed E-state index contributed by atoms with van der Waals surface area (Å²) in [5.41, 5.74) is 4.87. The van der Waals surface area contributed by atoms with E-state index in [0.717, 1.165) is 44.8 Å². The lowest BCUT2D eigenvalue weighted by molar-refractivity contribution is 0.0664. The van der Waals surface area contributed by atoms with Crippen molar-refractivity contribution in [2.24, 2.45) is 0 Å². The molecule has 1 amide bonds. The monoisotopic (exact) mass is 349 g/mol. The van der Waals surface area contributed by atoms with Gasteiger partial charge in [0.2, 0.25) is 0 Å². The van der Waals surface area contributed by atoms with Crippen molar-refractivity contribution < 1.29 is 4.79 Å². The zero-order valence-electron chi connectivity index (χ0n) is 15.5. The fraction of sp³-hybridized carbons (Fsp3) is 0.409. The largest absolute Gasteiger partial charge is 0.367 e. The Morgan fingerprint density at radius 1 is 0.923 bits per heavy atom. The van der Waals surface area contributed by atoms with Crippen molar-refractivity contribution in [3.8, 4) is 0 Å². The molecule has 0 radical (unpaired) electrons. The molecule has 26 heavy (non-hydrogen) atoms. The van der Waals surface area contributed by atoms with Crippen LogP contribution in [-0.4, -0.2) is 55.5 Å². The maximum Gasteiger partial charge on any atom is 0.253 e. The molecule has 4 rings (SSSR count). The number of carbonyl (C=O) groups excluding carboxylic acids is 1. The van der Waals surface area contributed by atoms with Gasteiger partial charge in [-0.15, -0.1) is 0 Å². The molecule has 2 aliphatic heterocycles. The van der Waals surface area contributed by atoms with Crippen LogP contribution < -0.4 is 4.90 Å². The van der Waals surface area contributed by atoms with Gasteiger partial charge in [0.05, 0.1) is 0 Å². The standard InChI is InChI=1S/C22H27N3O/c1-23-13-15-24(16-14-23)22(26)20-10-8-18(9-11-20)17-25-12-4-6-19-5-2-3-7-21(19)25/h2-3,5,7-11H,4,6,12-17H2,1H3. The van der Waals surface area contributed by atoms with Gasteiger partial charge in [-0.1, -0.05) is 30.3 Å². The average molecular weight is 349 g/mol. The molecular formula is C22H27N3O. The second kappa shape index (κ2) is 7.50. The maximum atomic E-state index is 12.7. The Bertz CT molecular complexity index is 763. The highest BCUT2D eigenvalue weighted by Gasteiger charge is 2.20. The van der Waals surface area contributed by atoms with Gasteiger partial charge in [0, 0.05) is 50.5 Å². The van der Waals surface area contributed by atoms with E-state index in [1.54, 1.807) is 0 Å². The number of piperazine rings is 1. The van der Waals surface area contributed by atoms with Gasteiger partial charge >= 0.3 is 0 Å². The topological polar surface area (TPSA) is 26.8 Å². The Kier molecular flexibility index (Phi) is 4.93. The van der Waals surface area contributed by atoms with Crippen molar-refractivity contribution in [3.05, 3.63) is 65.2 Å². The summed E-state index contributed by atoms with van der Waals surface area (Å²) in [5.74, 6) is 0.160. The fourth-order valence-electron chi connectivity index (χ4n) is 3.94. The molecule has 4 heteroatoms. The highest BCUT2D eigenvalue weighted by Crippen LogP contribution is 2.28. The first-order valence-electron chi connectivity index (χ1n) is 9.60. The van der Waals surface area contributed by atoms with E-state index in [0.29, 0.717) is 0 Å². The number of amides is 1. The van der Waals surface area contributed by atoms with Gasteiger partial charge in [0.1, 0.15) is 0 Å². The second-order valence-electron chi connectivity index (χ2n) is 7.45. The first kappa shape index (κ1) is 17.1. The molecule has 2 aromatic carbocycles. The number of hydrogen-bond acceptors (Lipinski definition) is 3. The molecule has 1 fully saturated rings. The Balaban J connectivity index is 1.43. The van der Waals surface area contributed by atoms with Crippen LogP contribution in [0.4, 0.5) is 5.69 Å². The van der Waals surface area contributed by atoms with Gasteiger partial charge < -0.3 is 14.7 Å². The highest BCUT2D eigenvalue weighted by molar-refractivity contribution is 5.94. The first-order valence-corrected chi connectivity index (χ1v) is 9.60. The molecule has 0 spiro atoms. The number of nitrogens with zero attached hydrogens (tertiary/aromatic N) is 3. The van der Waals surface area contributed by atoms with Crippen LogP contribution >= 0.6 is 0 Å². The van der Waals surface area contributed by atoms with Gasteiger partial charge in [0.25, 0.3) is 5.91 Å². The van der Waals surface area contributed by atoms with E-state index in [9.17, 15) is 4.79 Å². The predicted molar refractivity (Wildman–Crippen MR) is 106 cm³/mol. The summed E-state index contributed by atoms with van der Waals surface area (Å²) in [5, 5.41) is 0. The molecule has 0 bridgehead atoms. The summed E-state index contributed by atoms with van der Waals surface area (Å²) in [6.07, 6.45) is 2.38. The summed E-state index contributed by atoms with van der Waals surface area (Å²) in [7, 11) is 2.11. The number of likely N-dealkylation sites (N-methyl/N-ethyl adjacent to an activating group) is 1. The summed E-state index contributed by atoms with van der Waals surface area (Å²) < 4.78 is 0. The third-order valence-corrected chi connectivity index (χ3v) is 5.57. The number of aryl methyl sites for hydroxylation is 1. The van der Waals surface area contributed by atoms with E-state index in [2.05, 4.69) is 53.2 Å². The number of para-hydroxylation sites is 1. The van der Waals surface area contributed by atoms with Crippen molar-refractivity contribution in [1.29, 1.82) is 0 Å². The van der Waals surface area contributed by atoms with E-state index >= 15 is 0 Å². The highest BCUT2D eigenvalue weighted by atomic mass is 16.2. The Morgan fingerprint density at radius 3 is 2.42 bits per heavy atom. The van der Waals surface area contributed by atoms with Gasteiger partial charge in [-0.25, -0.2) is 0 Å². The van der Waals surface area contributed by atoms with Crippen molar-refractivity contribution in [2.75, 3.05) is 44.7 Å². The molecule has 1 saturated heterocycles. The van der Waals surface area contributed by atoms with Crippen LogP contribution in [0, 0.1) is 0 Å². The molecule has 4 nitrogen and oxygen atoms in total. The molecule has 2 heterocycles. The minimum atomic E-state index is 0.160. The van der Waals surface area contributed by atoms with E-state index < -0.39 is 0 Å². The lowest BCUT2D eigenvalue weighted by Crippen LogP contribution is -2.47. The minimum absolute atomic E-state index is 0.160. The summed E-state index contributed by atoms with van der Waals surface area (Å²) in [6, 6.07) is 16.9. The van der Waals surface area contributed by atoms with Crippen molar-refractivity contribution >= 4 is 11.6 Å².